The summed E-state index contributed by atoms with van der Waals surface area (Å²) in [4.78, 5) is 29.6. The molecule has 0 N–H and O–H groups in total. The van der Waals surface area contributed by atoms with Crippen molar-refractivity contribution in [2.75, 3.05) is 22.3 Å². The molecule has 2 aromatic carbocycles. The quantitative estimate of drug-likeness (QED) is 0.723. The van der Waals surface area contributed by atoms with E-state index in [2.05, 4.69) is 0 Å². The molecular weight excluding hydrogens is 414 g/mol. The molecule has 0 bridgehead atoms. The van der Waals surface area contributed by atoms with Gasteiger partial charge in [-0.1, -0.05) is 31.2 Å². The van der Waals surface area contributed by atoms with Crippen molar-refractivity contribution in [1.29, 1.82) is 0 Å². The topological polar surface area (TPSA) is 78.0 Å². The van der Waals surface area contributed by atoms with Crippen molar-refractivity contribution in [3.05, 3.63) is 54.1 Å². The highest BCUT2D eigenvalue weighted by atomic mass is 32.2. The fraction of sp³-hybridized carbons (Fsp3) is 0.391. The maximum atomic E-state index is 13.5. The lowest BCUT2D eigenvalue weighted by molar-refractivity contribution is -0.132. The molecule has 0 saturated carbocycles. The second-order valence-electron chi connectivity index (χ2n) is 8.06. The number of hydrogen-bond acceptors (Lipinski definition) is 4. The third-order valence-electron chi connectivity index (χ3n) is 6.07. The lowest BCUT2D eigenvalue weighted by Gasteiger charge is -2.38. The lowest BCUT2D eigenvalue weighted by atomic mass is 10.0. The number of likely N-dealkylation sites (tertiary alicyclic amines) is 1. The number of piperidine rings is 1. The Balaban J connectivity index is 1.74. The van der Waals surface area contributed by atoms with Crippen molar-refractivity contribution >= 4 is 33.3 Å². The van der Waals surface area contributed by atoms with Crippen molar-refractivity contribution in [2.24, 2.45) is 0 Å². The fourth-order valence-electron chi connectivity index (χ4n) is 4.28. The molecule has 0 aliphatic carbocycles. The summed E-state index contributed by atoms with van der Waals surface area (Å²) in [6.45, 7) is 4.47. The van der Waals surface area contributed by atoms with Gasteiger partial charge in [0.25, 0.3) is 10.0 Å². The van der Waals surface area contributed by atoms with Gasteiger partial charge in [0.15, 0.2) is 0 Å². The Kier molecular flexibility index (Phi) is 5.75. The number of fused-ring (bicyclic) bond motifs is 1. The molecule has 164 valence electrons. The Hall–Kier alpha value is -2.87. The van der Waals surface area contributed by atoms with E-state index in [9.17, 15) is 18.0 Å². The summed E-state index contributed by atoms with van der Waals surface area (Å²) in [6, 6.07) is 12.6. The molecular formula is C23H27N3O4S. The van der Waals surface area contributed by atoms with Crippen LogP contribution in [0.25, 0.3) is 0 Å². The second kappa shape index (κ2) is 8.34. The highest BCUT2D eigenvalue weighted by Crippen LogP contribution is 2.37. The van der Waals surface area contributed by atoms with Crippen LogP contribution in [0.5, 0.6) is 0 Å². The van der Waals surface area contributed by atoms with E-state index in [-0.39, 0.29) is 34.8 Å². The van der Waals surface area contributed by atoms with E-state index in [0.717, 1.165) is 35.6 Å². The van der Waals surface area contributed by atoms with Gasteiger partial charge in [0, 0.05) is 12.6 Å². The van der Waals surface area contributed by atoms with E-state index in [0.29, 0.717) is 6.54 Å². The summed E-state index contributed by atoms with van der Waals surface area (Å²) in [5, 5.41) is 0. The minimum atomic E-state index is -4.09. The smallest absolute Gasteiger partial charge is 0.338 e. The van der Waals surface area contributed by atoms with Gasteiger partial charge in [-0.25, -0.2) is 13.2 Å². The number of sulfonamides is 1. The summed E-state index contributed by atoms with van der Waals surface area (Å²) in [5.41, 5.74) is 1.55. The van der Waals surface area contributed by atoms with E-state index in [1.54, 1.807) is 35.2 Å². The number of aryl methyl sites for hydroxylation is 1. The molecule has 1 saturated heterocycles. The SMILES string of the molecule is CCc1ccc(N2C(=O)N(CC(=O)N3CCCC[C@@H]3C)c3ccccc3S2(=O)=O)cc1. The van der Waals surface area contributed by atoms with Gasteiger partial charge in [0.1, 0.15) is 11.4 Å². The summed E-state index contributed by atoms with van der Waals surface area (Å²) < 4.78 is 27.5. The van der Waals surface area contributed by atoms with Gasteiger partial charge in [-0.3, -0.25) is 9.69 Å². The highest BCUT2D eigenvalue weighted by molar-refractivity contribution is 7.94. The molecule has 0 spiro atoms. The predicted octanol–water partition coefficient (Wildman–Crippen LogP) is 3.79. The molecule has 1 fully saturated rings. The van der Waals surface area contributed by atoms with Crippen LogP contribution >= 0.6 is 0 Å². The first-order chi connectivity index (χ1) is 14.8. The molecule has 2 aliphatic rings. The van der Waals surface area contributed by atoms with Crippen molar-refractivity contribution in [3.63, 3.8) is 0 Å². The van der Waals surface area contributed by atoms with Crippen molar-refractivity contribution in [1.82, 2.24) is 4.90 Å². The van der Waals surface area contributed by atoms with E-state index in [1.165, 1.54) is 11.0 Å². The van der Waals surface area contributed by atoms with Gasteiger partial charge in [-0.2, -0.15) is 4.31 Å². The fourth-order valence-corrected chi connectivity index (χ4v) is 5.87. The normalized spacial score (nSPS) is 20.5. The van der Waals surface area contributed by atoms with Crippen LogP contribution in [0, 0.1) is 0 Å². The van der Waals surface area contributed by atoms with Crippen LogP contribution in [0.15, 0.2) is 53.4 Å². The molecule has 8 heteroatoms. The second-order valence-corrected chi connectivity index (χ2v) is 9.81. The van der Waals surface area contributed by atoms with Crippen LogP contribution in [-0.4, -0.2) is 44.4 Å². The average Bonchev–Trinajstić information content (AvgIpc) is 2.77. The van der Waals surface area contributed by atoms with Gasteiger partial charge in [-0.15, -0.1) is 0 Å². The summed E-state index contributed by atoms with van der Waals surface area (Å²) in [7, 11) is -4.09. The minimum absolute atomic E-state index is 0.0219. The van der Waals surface area contributed by atoms with E-state index >= 15 is 0 Å². The number of amides is 3. The number of carbonyl (C=O) groups is 2. The van der Waals surface area contributed by atoms with Crippen molar-refractivity contribution < 1.29 is 18.0 Å². The Morgan fingerprint density at radius 3 is 2.45 bits per heavy atom. The van der Waals surface area contributed by atoms with Gasteiger partial charge in [0.2, 0.25) is 5.91 Å². The molecule has 3 amide bonds. The van der Waals surface area contributed by atoms with Gasteiger partial charge >= 0.3 is 6.03 Å². The molecule has 2 aromatic rings. The monoisotopic (exact) mass is 441 g/mol. The van der Waals surface area contributed by atoms with Crippen molar-refractivity contribution in [2.45, 2.75) is 50.5 Å². The number of anilines is 2. The van der Waals surface area contributed by atoms with E-state index in [4.69, 9.17) is 0 Å². The first-order valence-electron chi connectivity index (χ1n) is 10.7. The molecule has 1 atom stereocenters. The Labute approximate surface area is 183 Å². The molecule has 2 heterocycles. The minimum Gasteiger partial charge on any atom is -0.338 e. The molecule has 0 aromatic heterocycles. The molecule has 0 unspecified atom stereocenters. The van der Waals surface area contributed by atoms with E-state index in [1.807, 2.05) is 26.0 Å². The third-order valence-corrected chi connectivity index (χ3v) is 7.82. The molecule has 0 radical (unpaired) electrons. The number of nitrogens with zero attached hydrogens (tertiary/aromatic N) is 3. The van der Waals surface area contributed by atoms with Crippen molar-refractivity contribution in [3.8, 4) is 0 Å². The molecule has 4 rings (SSSR count). The van der Waals surface area contributed by atoms with Crippen LogP contribution in [0.4, 0.5) is 16.2 Å². The Morgan fingerprint density at radius 1 is 1.06 bits per heavy atom. The van der Waals surface area contributed by atoms with Crippen LogP contribution in [0.3, 0.4) is 0 Å². The number of hydrogen-bond donors (Lipinski definition) is 0. The van der Waals surface area contributed by atoms with Crippen LogP contribution in [0.2, 0.25) is 0 Å². The zero-order valence-electron chi connectivity index (χ0n) is 17.8. The zero-order valence-corrected chi connectivity index (χ0v) is 18.6. The van der Waals surface area contributed by atoms with Crippen LogP contribution in [0.1, 0.15) is 38.7 Å². The Bertz CT molecular complexity index is 1100. The first kappa shape index (κ1) is 21.4. The molecule has 2 aliphatic heterocycles. The number of urea groups is 1. The largest absolute Gasteiger partial charge is 0.343 e. The van der Waals surface area contributed by atoms with Crippen LogP contribution in [-0.2, 0) is 21.2 Å². The van der Waals surface area contributed by atoms with Gasteiger partial charge in [0.05, 0.1) is 11.4 Å². The lowest BCUT2D eigenvalue weighted by Crippen LogP contribution is -2.55. The maximum Gasteiger partial charge on any atom is 0.343 e. The third kappa shape index (κ3) is 3.80. The number of benzene rings is 2. The zero-order chi connectivity index (χ0) is 22.2. The van der Waals surface area contributed by atoms with Crippen LogP contribution < -0.4 is 9.21 Å². The number of para-hydroxylation sites is 1. The van der Waals surface area contributed by atoms with Gasteiger partial charge < -0.3 is 4.90 Å². The Morgan fingerprint density at radius 2 is 1.77 bits per heavy atom. The van der Waals surface area contributed by atoms with Gasteiger partial charge in [-0.05, 0) is 62.4 Å². The predicted molar refractivity (Wildman–Crippen MR) is 120 cm³/mol. The summed E-state index contributed by atoms with van der Waals surface area (Å²) >= 11 is 0. The van der Waals surface area contributed by atoms with E-state index < -0.39 is 16.1 Å². The standard InChI is InChI=1S/C23H27N3O4S/c1-3-18-11-13-19(14-12-18)26-23(28)25(16-22(27)24-15-7-6-8-17(24)2)20-9-4-5-10-21(20)31(26,29)30/h4-5,9-14,17H,3,6-8,15-16H2,1-2H3/t17-/m0/s1. The highest BCUT2D eigenvalue weighted by Gasteiger charge is 2.43. The first-order valence-corrected chi connectivity index (χ1v) is 12.1. The molecule has 31 heavy (non-hydrogen) atoms. The number of rotatable bonds is 4. The summed E-state index contributed by atoms with van der Waals surface area (Å²) in [5.74, 6) is -0.170. The summed E-state index contributed by atoms with van der Waals surface area (Å²) in [6.07, 6.45) is 3.75. The number of carbonyl (C=O) groups excluding carboxylic acids is 2. The molecule has 7 nitrogen and oxygen atoms in total. The maximum absolute atomic E-state index is 13.5. The average molecular weight is 442 g/mol.